The molecule has 0 atom stereocenters. The number of rotatable bonds is 7. The van der Waals surface area contributed by atoms with Crippen molar-refractivity contribution < 1.29 is 32.2 Å². The molecule has 2 saturated heterocycles. The largest absolute Gasteiger partial charge is 0.466 e. The van der Waals surface area contributed by atoms with Gasteiger partial charge in [-0.15, -0.1) is 0 Å². The van der Waals surface area contributed by atoms with E-state index in [1.807, 2.05) is 0 Å². The van der Waals surface area contributed by atoms with Crippen LogP contribution in [0.15, 0.2) is 35.5 Å². The molecule has 37 heavy (non-hydrogen) atoms. The van der Waals surface area contributed by atoms with E-state index in [1.165, 1.54) is 0 Å². The Hall–Kier alpha value is -2.86. The minimum Gasteiger partial charge on any atom is -0.466 e. The molecule has 0 N–H and O–H groups in total. The van der Waals surface area contributed by atoms with Crippen molar-refractivity contribution in [1.29, 1.82) is 0 Å². The summed E-state index contributed by atoms with van der Waals surface area (Å²) in [6.45, 7) is 4.88. The molecule has 2 aliphatic rings. The molecule has 0 saturated carbocycles. The van der Waals surface area contributed by atoms with Gasteiger partial charge in [0.25, 0.3) is 5.91 Å². The van der Waals surface area contributed by atoms with Crippen molar-refractivity contribution in [3.05, 3.63) is 47.2 Å². The minimum atomic E-state index is -4.58. The van der Waals surface area contributed by atoms with Crippen molar-refractivity contribution in [1.82, 2.24) is 14.9 Å². The predicted octanol–water partition coefficient (Wildman–Crippen LogP) is 4.04. The third-order valence-electron chi connectivity index (χ3n) is 6.29. The van der Waals surface area contributed by atoms with Gasteiger partial charge in [-0.2, -0.15) is 13.2 Å². The van der Waals surface area contributed by atoms with Gasteiger partial charge in [-0.3, -0.25) is 9.59 Å². The number of thioether (sulfide) groups is 1. The number of alkyl halides is 3. The second-order valence-electron chi connectivity index (χ2n) is 8.80. The number of halogens is 3. The Morgan fingerprint density at radius 3 is 2.38 bits per heavy atom. The molecular formula is C25H29F3N4O4S. The summed E-state index contributed by atoms with van der Waals surface area (Å²) in [5, 5.41) is 0.0425. The van der Waals surface area contributed by atoms with E-state index >= 15 is 0 Å². The molecule has 2 fully saturated rings. The van der Waals surface area contributed by atoms with Crippen molar-refractivity contribution >= 4 is 29.5 Å². The smallest absolute Gasteiger partial charge is 0.433 e. The van der Waals surface area contributed by atoms with Crippen LogP contribution in [0.1, 0.15) is 41.4 Å². The Morgan fingerprint density at radius 2 is 1.76 bits per heavy atom. The summed E-state index contributed by atoms with van der Waals surface area (Å²) in [5.41, 5.74) is 0.379. The molecular weight excluding hydrogens is 509 g/mol. The minimum absolute atomic E-state index is 0.0425. The summed E-state index contributed by atoms with van der Waals surface area (Å²) in [6, 6.07) is 7.96. The highest BCUT2D eigenvalue weighted by molar-refractivity contribution is 7.98. The van der Waals surface area contributed by atoms with Gasteiger partial charge < -0.3 is 19.3 Å². The summed E-state index contributed by atoms with van der Waals surface area (Å²) >= 11 is 1.11. The zero-order chi connectivity index (χ0) is 26.4. The normalized spacial score (nSPS) is 17.1. The van der Waals surface area contributed by atoms with E-state index in [0.29, 0.717) is 70.2 Å². The van der Waals surface area contributed by atoms with Crippen LogP contribution in [0.2, 0.25) is 0 Å². The number of benzene rings is 1. The first-order chi connectivity index (χ1) is 17.7. The summed E-state index contributed by atoms with van der Waals surface area (Å²) in [5.74, 6) is 0.0886. The van der Waals surface area contributed by atoms with Gasteiger partial charge in [-0.05, 0) is 37.5 Å². The lowest BCUT2D eigenvalue weighted by molar-refractivity contribution is -0.149. The van der Waals surface area contributed by atoms with E-state index < -0.39 is 11.9 Å². The van der Waals surface area contributed by atoms with Crippen LogP contribution < -0.4 is 4.90 Å². The lowest BCUT2D eigenvalue weighted by Crippen LogP contribution is -2.40. The molecule has 8 nitrogen and oxygen atoms in total. The zero-order valence-corrected chi connectivity index (χ0v) is 21.3. The Bertz CT molecular complexity index is 1090. The monoisotopic (exact) mass is 538 g/mol. The van der Waals surface area contributed by atoms with Crippen molar-refractivity contribution in [3.8, 4) is 0 Å². The number of aromatic nitrogens is 2. The maximum Gasteiger partial charge on any atom is 0.433 e. The first-order valence-corrected chi connectivity index (χ1v) is 13.2. The predicted molar refractivity (Wildman–Crippen MR) is 131 cm³/mol. The summed E-state index contributed by atoms with van der Waals surface area (Å²) in [6.07, 6.45) is -3.43. The number of amides is 1. The number of carbonyl (C=O) groups excluding carboxylic acids is 2. The van der Waals surface area contributed by atoms with E-state index in [1.54, 1.807) is 41.0 Å². The maximum atomic E-state index is 13.4. The molecule has 0 spiro atoms. The number of carbonyl (C=O) groups is 2. The van der Waals surface area contributed by atoms with E-state index in [4.69, 9.17) is 9.47 Å². The van der Waals surface area contributed by atoms with Crippen molar-refractivity contribution in [2.75, 3.05) is 50.9 Å². The van der Waals surface area contributed by atoms with Crippen LogP contribution in [0.25, 0.3) is 0 Å². The topological polar surface area (TPSA) is 84.9 Å². The van der Waals surface area contributed by atoms with Crippen LogP contribution in [-0.2, 0) is 26.2 Å². The first kappa shape index (κ1) is 27.2. The van der Waals surface area contributed by atoms with Crippen LogP contribution >= 0.6 is 11.8 Å². The zero-order valence-electron chi connectivity index (χ0n) is 20.5. The molecule has 0 aliphatic carbocycles. The van der Waals surface area contributed by atoms with Gasteiger partial charge in [0, 0.05) is 43.6 Å². The van der Waals surface area contributed by atoms with Gasteiger partial charge in [0.1, 0.15) is 5.82 Å². The van der Waals surface area contributed by atoms with E-state index in [2.05, 4.69) is 9.97 Å². The number of ether oxygens (including phenoxy) is 2. The van der Waals surface area contributed by atoms with Gasteiger partial charge in [-0.1, -0.05) is 23.9 Å². The Kier molecular flexibility index (Phi) is 8.91. The first-order valence-electron chi connectivity index (χ1n) is 12.2. The summed E-state index contributed by atoms with van der Waals surface area (Å²) in [4.78, 5) is 36.4. The van der Waals surface area contributed by atoms with Crippen molar-refractivity contribution in [3.63, 3.8) is 0 Å². The molecule has 0 unspecified atom stereocenters. The van der Waals surface area contributed by atoms with E-state index in [-0.39, 0.29) is 28.8 Å². The Balaban J connectivity index is 1.37. The molecule has 0 radical (unpaired) electrons. The maximum absolute atomic E-state index is 13.4. The fourth-order valence-electron chi connectivity index (χ4n) is 4.23. The molecule has 0 bridgehead atoms. The van der Waals surface area contributed by atoms with Crippen LogP contribution in [0.3, 0.4) is 0 Å². The molecule has 12 heteroatoms. The molecule has 2 aliphatic heterocycles. The standard InChI is InChI=1S/C25H29F3N4O4S/c1-2-36-23(34)19-7-9-32(10-8-19)22(33)18-5-3-17(4-6-18)16-37-24-29-20(25(26,27)28)15-21(30-24)31-11-13-35-14-12-31/h3-6,15,19H,2,7-14,16H2,1H3. The molecule has 1 aromatic carbocycles. The average molecular weight is 539 g/mol. The van der Waals surface area contributed by atoms with Crippen LogP contribution in [0, 0.1) is 5.92 Å². The van der Waals surface area contributed by atoms with Gasteiger partial charge >= 0.3 is 12.1 Å². The quantitative estimate of drug-likeness (QED) is 0.297. The van der Waals surface area contributed by atoms with E-state index in [0.717, 1.165) is 23.4 Å². The molecule has 4 rings (SSSR count). The third-order valence-corrected chi connectivity index (χ3v) is 7.21. The van der Waals surface area contributed by atoms with Gasteiger partial charge in [0.05, 0.1) is 25.7 Å². The lowest BCUT2D eigenvalue weighted by Gasteiger charge is -2.31. The van der Waals surface area contributed by atoms with Gasteiger partial charge in [0.2, 0.25) is 0 Å². The van der Waals surface area contributed by atoms with Crippen molar-refractivity contribution in [2.24, 2.45) is 5.92 Å². The molecule has 3 heterocycles. The molecule has 200 valence electrons. The van der Waals surface area contributed by atoms with Crippen LogP contribution in [0.4, 0.5) is 19.0 Å². The summed E-state index contributed by atoms with van der Waals surface area (Å²) < 4.78 is 50.7. The highest BCUT2D eigenvalue weighted by Crippen LogP contribution is 2.32. The molecule has 1 amide bonds. The molecule has 2 aromatic rings. The van der Waals surface area contributed by atoms with E-state index in [9.17, 15) is 22.8 Å². The number of hydrogen-bond acceptors (Lipinski definition) is 8. The van der Waals surface area contributed by atoms with Gasteiger partial charge in [0.15, 0.2) is 10.9 Å². The average Bonchev–Trinajstić information content (AvgIpc) is 2.92. The number of likely N-dealkylation sites (tertiary alicyclic amines) is 1. The second-order valence-corrected chi connectivity index (χ2v) is 9.74. The van der Waals surface area contributed by atoms with Crippen LogP contribution in [0.5, 0.6) is 0 Å². The Labute approximate surface area is 217 Å². The SMILES string of the molecule is CCOC(=O)C1CCN(C(=O)c2ccc(CSc3nc(N4CCOCC4)cc(C(F)(F)F)n3)cc2)CC1. The number of morpholine rings is 1. The molecule has 1 aromatic heterocycles. The fraction of sp³-hybridized carbons (Fsp3) is 0.520. The lowest BCUT2D eigenvalue weighted by atomic mass is 9.96. The third kappa shape index (κ3) is 7.13. The Morgan fingerprint density at radius 1 is 1.08 bits per heavy atom. The number of esters is 1. The van der Waals surface area contributed by atoms with Crippen molar-refractivity contribution in [2.45, 2.75) is 36.9 Å². The second kappa shape index (κ2) is 12.1. The highest BCUT2D eigenvalue weighted by atomic mass is 32.2. The number of hydrogen-bond donors (Lipinski definition) is 0. The fourth-order valence-corrected chi connectivity index (χ4v) is 5.04. The summed E-state index contributed by atoms with van der Waals surface area (Å²) in [7, 11) is 0. The number of piperidine rings is 1. The number of nitrogens with zero attached hydrogens (tertiary/aromatic N) is 4. The van der Waals surface area contributed by atoms with Crippen LogP contribution in [-0.4, -0.2) is 72.7 Å². The number of anilines is 1. The highest BCUT2D eigenvalue weighted by Gasteiger charge is 2.34. The van der Waals surface area contributed by atoms with Gasteiger partial charge in [-0.25, -0.2) is 9.97 Å².